The number of allylic oxidation sites excluding steroid dienone is 8. The Balaban J connectivity index is 3.43. The summed E-state index contributed by atoms with van der Waals surface area (Å²) in [5, 5.41) is 0. The second-order valence-corrected chi connectivity index (χ2v) is 5.79. The summed E-state index contributed by atoms with van der Waals surface area (Å²) in [6, 6.07) is 0. The van der Waals surface area contributed by atoms with Crippen molar-refractivity contribution in [3.8, 4) is 0 Å². The molecule has 0 aliphatic heterocycles. The Kier molecular flexibility index (Phi) is 18.2. The van der Waals surface area contributed by atoms with Gasteiger partial charge < -0.3 is 4.74 Å². The van der Waals surface area contributed by atoms with E-state index in [4.69, 9.17) is 4.74 Å². The quantitative estimate of drug-likeness (QED) is 0.189. The summed E-state index contributed by atoms with van der Waals surface area (Å²) < 4.78 is 4.89. The number of unbranched alkanes of at least 4 members (excludes halogenated alkanes) is 4. The molecule has 0 spiro atoms. The first kappa shape index (κ1) is 22.4. The molecule has 2 heteroatoms. The van der Waals surface area contributed by atoms with Crippen molar-refractivity contribution in [1.82, 2.24) is 0 Å². The maximum absolute atomic E-state index is 11.1. The summed E-state index contributed by atoms with van der Waals surface area (Å²) >= 11 is 0. The number of carbonyl (C=O) groups excluding carboxylic acids is 1. The van der Waals surface area contributed by atoms with E-state index >= 15 is 0 Å². The highest BCUT2D eigenvalue weighted by molar-refractivity contribution is 5.69. The summed E-state index contributed by atoms with van der Waals surface area (Å²) in [4.78, 5) is 11.1. The molecule has 0 fully saturated rings. The van der Waals surface area contributed by atoms with E-state index in [1.165, 1.54) is 25.7 Å². The van der Waals surface area contributed by atoms with Crippen molar-refractivity contribution in [3.63, 3.8) is 0 Å². The number of carbonyl (C=O) groups is 1. The van der Waals surface area contributed by atoms with Gasteiger partial charge in [-0.25, -0.2) is 0 Å². The fourth-order valence-electron chi connectivity index (χ4n) is 2.16. The fourth-order valence-corrected chi connectivity index (χ4v) is 2.16. The monoisotopic (exact) mass is 332 g/mol. The van der Waals surface area contributed by atoms with E-state index in [-0.39, 0.29) is 5.97 Å². The minimum atomic E-state index is -0.0895. The largest absolute Gasteiger partial charge is 0.466 e. The summed E-state index contributed by atoms with van der Waals surface area (Å²) in [5.41, 5.74) is 0. The van der Waals surface area contributed by atoms with Crippen molar-refractivity contribution in [2.45, 2.75) is 78.1 Å². The van der Waals surface area contributed by atoms with Crippen LogP contribution in [-0.2, 0) is 9.53 Å². The van der Waals surface area contributed by atoms with Crippen LogP contribution in [-0.4, -0.2) is 12.6 Å². The van der Waals surface area contributed by atoms with Crippen LogP contribution in [0.25, 0.3) is 0 Å². The van der Waals surface area contributed by atoms with Gasteiger partial charge in [0.1, 0.15) is 0 Å². The smallest absolute Gasteiger partial charge is 0.305 e. The third-order valence-corrected chi connectivity index (χ3v) is 3.51. The minimum Gasteiger partial charge on any atom is -0.466 e. The van der Waals surface area contributed by atoms with Gasteiger partial charge in [0.15, 0.2) is 0 Å². The highest BCUT2D eigenvalue weighted by Gasteiger charge is 1.98. The first-order valence-electron chi connectivity index (χ1n) is 9.56. The van der Waals surface area contributed by atoms with Crippen molar-refractivity contribution < 1.29 is 9.53 Å². The summed E-state index contributed by atoms with van der Waals surface area (Å²) in [6.07, 6.45) is 28.2. The molecule has 0 aromatic rings. The molecule has 0 bridgehead atoms. The van der Waals surface area contributed by atoms with Crippen LogP contribution in [0.5, 0.6) is 0 Å². The Morgan fingerprint density at radius 3 is 1.71 bits per heavy atom. The zero-order valence-electron chi connectivity index (χ0n) is 15.7. The van der Waals surface area contributed by atoms with Gasteiger partial charge in [-0.15, -0.1) is 0 Å². The van der Waals surface area contributed by atoms with Crippen LogP contribution >= 0.6 is 0 Å². The summed E-state index contributed by atoms with van der Waals surface area (Å²) in [6.45, 7) is 4.55. The number of esters is 1. The zero-order valence-corrected chi connectivity index (χ0v) is 15.7. The van der Waals surface area contributed by atoms with Gasteiger partial charge in [0, 0.05) is 6.42 Å². The Hall–Kier alpha value is -1.57. The van der Waals surface area contributed by atoms with E-state index in [1.807, 2.05) is 6.92 Å². The number of hydrogen-bond donors (Lipinski definition) is 0. The molecule has 0 atom stereocenters. The van der Waals surface area contributed by atoms with Gasteiger partial charge in [-0.2, -0.15) is 0 Å². The van der Waals surface area contributed by atoms with Crippen LogP contribution in [0, 0.1) is 0 Å². The van der Waals surface area contributed by atoms with Crippen LogP contribution in [0.15, 0.2) is 48.6 Å². The zero-order chi connectivity index (χ0) is 17.7. The topological polar surface area (TPSA) is 26.3 Å². The van der Waals surface area contributed by atoms with E-state index < -0.39 is 0 Å². The van der Waals surface area contributed by atoms with Gasteiger partial charge in [0.2, 0.25) is 0 Å². The van der Waals surface area contributed by atoms with E-state index in [0.29, 0.717) is 13.0 Å². The lowest BCUT2D eigenvalue weighted by Gasteiger charge is -1.98. The maximum Gasteiger partial charge on any atom is 0.305 e. The first-order chi connectivity index (χ1) is 11.8. The van der Waals surface area contributed by atoms with Crippen LogP contribution in [0.4, 0.5) is 0 Å². The fraction of sp³-hybridized carbons (Fsp3) is 0.591. The summed E-state index contributed by atoms with van der Waals surface area (Å²) in [7, 11) is 0. The highest BCUT2D eigenvalue weighted by Crippen LogP contribution is 2.02. The second-order valence-electron chi connectivity index (χ2n) is 5.79. The van der Waals surface area contributed by atoms with E-state index in [2.05, 4.69) is 55.5 Å². The predicted molar refractivity (Wildman–Crippen MR) is 105 cm³/mol. The molecule has 0 saturated heterocycles. The lowest BCUT2D eigenvalue weighted by molar-refractivity contribution is -0.143. The molecule has 0 saturated carbocycles. The first-order valence-corrected chi connectivity index (χ1v) is 9.56. The summed E-state index contributed by atoms with van der Waals surface area (Å²) in [5.74, 6) is -0.0895. The maximum atomic E-state index is 11.1. The lowest BCUT2D eigenvalue weighted by Crippen LogP contribution is -2.02. The number of hydrogen-bond acceptors (Lipinski definition) is 2. The van der Waals surface area contributed by atoms with Crippen molar-refractivity contribution in [3.05, 3.63) is 48.6 Å². The lowest BCUT2D eigenvalue weighted by atomic mass is 10.2. The van der Waals surface area contributed by atoms with Crippen molar-refractivity contribution in [2.75, 3.05) is 6.61 Å². The van der Waals surface area contributed by atoms with Gasteiger partial charge in [-0.3, -0.25) is 4.79 Å². The molecule has 0 aromatic carbocycles. The number of ether oxygens (including phenoxy) is 1. The Morgan fingerprint density at radius 1 is 0.708 bits per heavy atom. The van der Waals surface area contributed by atoms with Crippen molar-refractivity contribution >= 4 is 5.97 Å². The molecule has 0 heterocycles. The van der Waals surface area contributed by atoms with Crippen LogP contribution < -0.4 is 0 Å². The van der Waals surface area contributed by atoms with Crippen LogP contribution in [0.1, 0.15) is 78.1 Å². The Morgan fingerprint density at radius 2 is 1.21 bits per heavy atom. The second kappa shape index (κ2) is 19.5. The van der Waals surface area contributed by atoms with Gasteiger partial charge in [-0.05, 0) is 51.9 Å². The van der Waals surface area contributed by atoms with Gasteiger partial charge in [0.05, 0.1) is 6.61 Å². The Labute approximate surface area is 149 Å². The molecule has 0 rings (SSSR count). The molecular weight excluding hydrogens is 296 g/mol. The van der Waals surface area contributed by atoms with Gasteiger partial charge >= 0.3 is 5.97 Å². The molecule has 0 radical (unpaired) electrons. The Bertz CT molecular complexity index is 389. The van der Waals surface area contributed by atoms with Crippen LogP contribution in [0.2, 0.25) is 0 Å². The minimum absolute atomic E-state index is 0.0895. The average Bonchev–Trinajstić information content (AvgIpc) is 2.58. The van der Waals surface area contributed by atoms with E-state index in [0.717, 1.165) is 32.1 Å². The predicted octanol–water partition coefficient (Wildman–Crippen LogP) is 6.70. The molecule has 0 amide bonds. The molecule has 0 aliphatic carbocycles. The molecular formula is C22H36O2. The molecule has 0 N–H and O–H groups in total. The molecule has 0 aliphatic rings. The average molecular weight is 333 g/mol. The highest BCUT2D eigenvalue weighted by atomic mass is 16.5. The van der Waals surface area contributed by atoms with Crippen LogP contribution in [0.3, 0.4) is 0 Å². The standard InChI is InChI=1S/C22H36O2/c1-3-5-6-7-8-9-10-11-12-13-14-15-16-17-18-19-20-21-22(23)24-4-2/h8-9,11-12,14-15,17-18H,3-7,10,13,16,19-21H2,1-2H3/b9-8+,12-11+,15-14-,18-17-. The normalized spacial score (nSPS) is 12.2. The van der Waals surface area contributed by atoms with E-state index in [9.17, 15) is 4.79 Å². The SMILES string of the molecule is CCCCC/C=C/C/C=C/C/C=C\C/C=C\CCCC(=O)OCC. The molecule has 136 valence electrons. The number of rotatable bonds is 15. The third kappa shape index (κ3) is 18.5. The van der Waals surface area contributed by atoms with Crippen molar-refractivity contribution in [1.29, 1.82) is 0 Å². The molecule has 24 heavy (non-hydrogen) atoms. The third-order valence-electron chi connectivity index (χ3n) is 3.51. The molecule has 0 aromatic heterocycles. The van der Waals surface area contributed by atoms with Crippen molar-refractivity contribution in [2.24, 2.45) is 0 Å². The van der Waals surface area contributed by atoms with Gasteiger partial charge in [0.25, 0.3) is 0 Å². The van der Waals surface area contributed by atoms with Gasteiger partial charge in [-0.1, -0.05) is 68.4 Å². The van der Waals surface area contributed by atoms with E-state index in [1.54, 1.807) is 0 Å². The molecule has 2 nitrogen and oxygen atoms in total. The molecule has 0 unspecified atom stereocenters.